The van der Waals surface area contributed by atoms with E-state index in [-0.39, 0.29) is 6.04 Å². The average molecular weight is 398 g/mol. The highest BCUT2D eigenvalue weighted by Gasteiger charge is 2.36. The number of H-pyrrole nitrogens is 1. The Morgan fingerprint density at radius 1 is 1.13 bits per heavy atom. The van der Waals surface area contributed by atoms with E-state index in [1.165, 1.54) is 0 Å². The summed E-state index contributed by atoms with van der Waals surface area (Å²) in [5, 5.41) is 13.4. The van der Waals surface area contributed by atoms with Gasteiger partial charge in [-0.2, -0.15) is 5.10 Å². The molecule has 148 valence electrons. The van der Waals surface area contributed by atoms with Gasteiger partial charge in [0.1, 0.15) is 11.7 Å². The smallest absolute Gasteiger partial charge is 0.319 e. The summed E-state index contributed by atoms with van der Waals surface area (Å²) >= 11 is 0. The second-order valence-corrected chi connectivity index (χ2v) is 7.31. The second kappa shape index (κ2) is 6.51. The van der Waals surface area contributed by atoms with Crippen LogP contribution in [0.5, 0.6) is 0 Å². The molecule has 1 aliphatic rings. The van der Waals surface area contributed by atoms with Crippen LogP contribution in [0.25, 0.3) is 17.1 Å². The second-order valence-electron chi connectivity index (χ2n) is 7.31. The van der Waals surface area contributed by atoms with Crippen LogP contribution >= 0.6 is 0 Å². The maximum Gasteiger partial charge on any atom is 0.319 e. The summed E-state index contributed by atoms with van der Waals surface area (Å²) in [6.07, 6.45) is 6.20. The summed E-state index contributed by atoms with van der Waals surface area (Å²) in [4.78, 5) is 14.2. The van der Waals surface area contributed by atoms with Crippen LogP contribution in [0.4, 0.5) is 6.01 Å². The van der Waals surface area contributed by atoms with E-state index in [2.05, 4.69) is 49.1 Å². The topological polar surface area (TPSA) is 101 Å². The van der Waals surface area contributed by atoms with Gasteiger partial charge in [-0.25, -0.2) is 9.50 Å². The Labute approximate surface area is 171 Å². The third kappa shape index (κ3) is 2.59. The van der Waals surface area contributed by atoms with Gasteiger partial charge in [-0.3, -0.25) is 4.98 Å². The fraction of sp³-hybridized carbons (Fsp3) is 0.190. The monoisotopic (exact) mass is 398 g/mol. The Bertz CT molecular complexity index is 1340. The van der Waals surface area contributed by atoms with Crippen molar-refractivity contribution in [2.24, 2.45) is 0 Å². The minimum atomic E-state index is -0.226. The van der Waals surface area contributed by atoms with Crippen LogP contribution in [-0.4, -0.2) is 41.3 Å². The molecule has 0 aromatic carbocycles. The Morgan fingerprint density at radius 2 is 2.10 bits per heavy atom. The van der Waals surface area contributed by atoms with E-state index in [9.17, 15) is 0 Å². The van der Waals surface area contributed by atoms with Gasteiger partial charge in [0.15, 0.2) is 0 Å². The molecular weight excluding hydrogens is 380 g/mol. The van der Waals surface area contributed by atoms with Crippen LogP contribution in [0, 0.1) is 6.92 Å². The number of rotatable bonds is 3. The number of nitrogens with zero attached hydrogens (tertiary/aromatic N) is 7. The molecule has 5 aromatic rings. The van der Waals surface area contributed by atoms with Crippen LogP contribution in [0.2, 0.25) is 0 Å². The molecule has 0 aliphatic carbocycles. The number of imidazole rings is 1. The van der Waals surface area contributed by atoms with Crippen molar-refractivity contribution in [2.75, 3.05) is 11.4 Å². The van der Waals surface area contributed by atoms with Crippen molar-refractivity contribution < 1.29 is 4.42 Å². The summed E-state index contributed by atoms with van der Waals surface area (Å²) in [6.45, 7) is 2.78. The first kappa shape index (κ1) is 16.9. The van der Waals surface area contributed by atoms with Crippen LogP contribution in [0.15, 0.2) is 59.5 Å². The third-order valence-corrected chi connectivity index (χ3v) is 5.48. The molecular formula is C21H18N8O. The molecule has 9 nitrogen and oxygen atoms in total. The lowest BCUT2D eigenvalue weighted by Crippen LogP contribution is -2.36. The number of nitrogens with one attached hydrogen (secondary N) is 1. The molecule has 1 N–H and O–H groups in total. The van der Waals surface area contributed by atoms with Gasteiger partial charge in [0.2, 0.25) is 0 Å². The molecule has 30 heavy (non-hydrogen) atoms. The lowest BCUT2D eigenvalue weighted by molar-refractivity contribution is 0.502. The molecule has 0 fully saturated rings. The van der Waals surface area contributed by atoms with E-state index in [0.29, 0.717) is 24.1 Å². The maximum atomic E-state index is 6.02. The number of hydrogen-bond acceptors (Lipinski definition) is 7. The van der Waals surface area contributed by atoms with Gasteiger partial charge in [0, 0.05) is 31.1 Å². The molecule has 0 bridgehead atoms. The Hall–Kier alpha value is -4.01. The van der Waals surface area contributed by atoms with E-state index in [0.717, 1.165) is 34.6 Å². The summed E-state index contributed by atoms with van der Waals surface area (Å²) in [6, 6.07) is 12.0. The molecule has 6 heterocycles. The Balaban J connectivity index is 1.46. The van der Waals surface area contributed by atoms with E-state index in [4.69, 9.17) is 9.52 Å². The predicted octanol–water partition coefficient (Wildman–Crippen LogP) is 2.96. The first-order valence-electron chi connectivity index (χ1n) is 9.76. The van der Waals surface area contributed by atoms with Crippen molar-refractivity contribution in [1.29, 1.82) is 0 Å². The molecule has 6 rings (SSSR count). The molecule has 5 aromatic heterocycles. The van der Waals surface area contributed by atoms with E-state index < -0.39 is 0 Å². The number of anilines is 1. The molecule has 9 heteroatoms. The van der Waals surface area contributed by atoms with Crippen molar-refractivity contribution >= 4 is 11.5 Å². The third-order valence-electron chi connectivity index (χ3n) is 5.48. The Morgan fingerprint density at radius 3 is 2.97 bits per heavy atom. The largest absolute Gasteiger partial charge is 0.402 e. The number of aromatic amines is 1. The first-order valence-corrected chi connectivity index (χ1v) is 9.76. The zero-order chi connectivity index (χ0) is 20.1. The summed E-state index contributed by atoms with van der Waals surface area (Å²) in [7, 11) is 0. The zero-order valence-electron chi connectivity index (χ0n) is 16.2. The predicted molar refractivity (Wildman–Crippen MR) is 109 cm³/mol. The van der Waals surface area contributed by atoms with Crippen molar-refractivity contribution in [3.8, 4) is 11.6 Å². The van der Waals surface area contributed by atoms with Gasteiger partial charge < -0.3 is 14.3 Å². The van der Waals surface area contributed by atoms with Crippen molar-refractivity contribution in [2.45, 2.75) is 19.4 Å². The number of hydrogen-bond donors (Lipinski definition) is 1. The van der Waals surface area contributed by atoms with Gasteiger partial charge in [-0.15, -0.1) is 5.10 Å². The minimum Gasteiger partial charge on any atom is -0.402 e. The quantitative estimate of drug-likeness (QED) is 0.498. The van der Waals surface area contributed by atoms with Crippen molar-refractivity contribution in [1.82, 2.24) is 34.8 Å². The van der Waals surface area contributed by atoms with Crippen LogP contribution in [0.1, 0.15) is 28.7 Å². The SMILES string of the molecule is Cc1cccn2nc([C@@H]3c4nc[nH]c4CCN3c3nnc(-c4ccccn4)o3)cc12. The lowest BCUT2D eigenvalue weighted by atomic mass is 10.00. The highest BCUT2D eigenvalue weighted by Crippen LogP contribution is 2.37. The van der Waals surface area contributed by atoms with Crippen LogP contribution in [-0.2, 0) is 6.42 Å². The molecule has 0 radical (unpaired) electrons. The van der Waals surface area contributed by atoms with E-state index in [1.807, 2.05) is 35.0 Å². The van der Waals surface area contributed by atoms with Gasteiger partial charge >= 0.3 is 6.01 Å². The molecule has 0 unspecified atom stereocenters. The highest BCUT2D eigenvalue weighted by molar-refractivity contribution is 5.57. The normalized spacial score (nSPS) is 16.2. The Kier molecular flexibility index (Phi) is 3.67. The zero-order valence-corrected chi connectivity index (χ0v) is 16.2. The van der Waals surface area contributed by atoms with E-state index >= 15 is 0 Å². The number of fused-ring (bicyclic) bond motifs is 2. The fourth-order valence-corrected chi connectivity index (χ4v) is 4.02. The number of aromatic nitrogens is 7. The summed E-state index contributed by atoms with van der Waals surface area (Å²) < 4.78 is 7.92. The standard InChI is InChI=1S/C21H18N8O/c1-13-5-4-9-29-17(13)11-16(27-29)19-18-14(23-12-24-18)7-10-28(19)21-26-25-20(30-21)15-6-2-3-8-22-15/h2-6,8-9,11-12,19H,7,10H2,1H3,(H,23,24)/t19-/m1/s1. The maximum absolute atomic E-state index is 6.02. The van der Waals surface area contributed by atoms with Gasteiger partial charge in [0.25, 0.3) is 5.89 Å². The highest BCUT2D eigenvalue weighted by atomic mass is 16.4. The van der Waals surface area contributed by atoms with Gasteiger partial charge in [-0.1, -0.05) is 17.2 Å². The van der Waals surface area contributed by atoms with Crippen molar-refractivity contribution in [3.63, 3.8) is 0 Å². The molecule has 0 spiro atoms. The number of aryl methyl sites for hydroxylation is 1. The van der Waals surface area contributed by atoms with E-state index in [1.54, 1.807) is 12.5 Å². The average Bonchev–Trinajstić information content (AvgIpc) is 3.52. The van der Waals surface area contributed by atoms with Crippen molar-refractivity contribution in [3.05, 3.63) is 77.8 Å². The first-order chi connectivity index (χ1) is 14.8. The lowest BCUT2D eigenvalue weighted by Gasteiger charge is -2.32. The fourth-order valence-electron chi connectivity index (χ4n) is 4.02. The summed E-state index contributed by atoms with van der Waals surface area (Å²) in [5.74, 6) is 0.392. The molecule has 0 saturated carbocycles. The van der Waals surface area contributed by atoms with Crippen LogP contribution < -0.4 is 4.90 Å². The van der Waals surface area contributed by atoms with Crippen LogP contribution in [0.3, 0.4) is 0 Å². The van der Waals surface area contributed by atoms with Gasteiger partial charge in [-0.05, 0) is 36.8 Å². The molecule has 1 atom stereocenters. The minimum absolute atomic E-state index is 0.226. The molecule has 0 saturated heterocycles. The number of pyridine rings is 2. The molecule has 0 amide bonds. The molecule has 1 aliphatic heterocycles. The van der Waals surface area contributed by atoms with Gasteiger partial charge in [0.05, 0.1) is 23.2 Å². The summed E-state index contributed by atoms with van der Waals surface area (Å²) in [5.41, 5.74) is 5.80.